The van der Waals surface area contributed by atoms with Gasteiger partial charge in [0.15, 0.2) is 14.5 Å². The lowest BCUT2D eigenvalue weighted by molar-refractivity contribution is 0.462. The van der Waals surface area contributed by atoms with Crippen LogP contribution in [0.2, 0.25) is 0 Å². The van der Waals surface area contributed by atoms with Gasteiger partial charge < -0.3 is 9.73 Å². The first kappa shape index (κ1) is 13.6. The van der Waals surface area contributed by atoms with Crippen LogP contribution < -0.4 is 5.32 Å². The molecule has 1 saturated heterocycles. The normalized spacial score (nSPS) is 23.1. The molecule has 0 spiro atoms. The molecule has 1 aliphatic rings. The van der Waals surface area contributed by atoms with Gasteiger partial charge in [0.05, 0.1) is 22.0 Å². The summed E-state index contributed by atoms with van der Waals surface area (Å²) in [6, 6.07) is 1.86. The average Bonchev–Trinajstić information content (AvgIpc) is 2.72. The zero-order valence-electron chi connectivity index (χ0n) is 9.08. The van der Waals surface area contributed by atoms with Crippen molar-refractivity contribution in [3.8, 4) is 0 Å². The third kappa shape index (κ3) is 3.33. The van der Waals surface area contributed by atoms with Crippen molar-refractivity contribution >= 4 is 41.7 Å². The van der Waals surface area contributed by atoms with Gasteiger partial charge in [-0.15, -0.1) is 0 Å². The van der Waals surface area contributed by atoms with Crippen LogP contribution in [0.4, 0.5) is 0 Å². The predicted octanol–water partition coefficient (Wildman–Crippen LogP) is 2.47. The van der Waals surface area contributed by atoms with Gasteiger partial charge in [-0.2, -0.15) is 0 Å². The van der Waals surface area contributed by atoms with Crippen LogP contribution in [-0.2, 0) is 16.4 Å². The Morgan fingerprint density at radius 1 is 1.47 bits per heavy atom. The third-order valence-electron chi connectivity index (χ3n) is 2.83. The maximum absolute atomic E-state index is 11.6. The Morgan fingerprint density at radius 3 is 2.76 bits per heavy atom. The number of nitrogens with one attached hydrogen (secondary N) is 1. The Kier molecular flexibility index (Phi) is 4.33. The first-order valence-electron chi connectivity index (χ1n) is 5.35. The molecule has 0 aromatic carbocycles. The van der Waals surface area contributed by atoms with Crippen molar-refractivity contribution in [3.05, 3.63) is 21.0 Å². The van der Waals surface area contributed by atoms with E-state index in [0.717, 1.165) is 23.1 Å². The van der Waals surface area contributed by atoms with E-state index in [0.29, 0.717) is 23.5 Å². The van der Waals surface area contributed by atoms with Gasteiger partial charge in [0.1, 0.15) is 5.76 Å². The molecular weight excluding hydrogens is 374 g/mol. The van der Waals surface area contributed by atoms with Crippen LogP contribution in [0.25, 0.3) is 0 Å². The monoisotopic (exact) mass is 385 g/mol. The maximum atomic E-state index is 11.6. The van der Waals surface area contributed by atoms with Crippen molar-refractivity contribution in [3.63, 3.8) is 0 Å². The first-order chi connectivity index (χ1) is 7.99. The van der Waals surface area contributed by atoms with Gasteiger partial charge in [-0.05, 0) is 50.8 Å². The van der Waals surface area contributed by atoms with Crippen LogP contribution in [0.1, 0.15) is 18.6 Å². The number of halogens is 2. The van der Waals surface area contributed by atoms with Crippen molar-refractivity contribution in [2.45, 2.75) is 24.6 Å². The van der Waals surface area contributed by atoms with Crippen molar-refractivity contribution in [2.75, 3.05) is 12.3 Å². The van der Waals surface area contributed by atoms with E-state index < -0.39 is 9.84 Å². The minimum atomic E-state index is -2.86. The van der Waals surface area contributed by atoms with Crippen LogP contribution in [0.15, 0.2) is 19.6 Å². The zero-order chi connectivity index (χ0) is 12.5. The molecule has 1 unspecified atom stereocenters. The molecule has 0 radical (unpaired) electrons. The van der Waals surface area contributed by atoms with Gasteiger partial charge in [-0.1, -0.05) is 0 Å². The summed E-state index contributed by atoms with van der Waals surface area (Å²) in [6.45, 7) is 1.04. The fourth-order valence-electron chi connectivity index (χ4n) is 1.92. The Morgan fingerprint density at radius 2 is 2.24 bits per heavy atom. The molecule has 1 N–H and O–H groups in total. The molecule has 2 rings (SSSR count). The van der Waals surface area contributed by atoms with E-state index in [4.69, 9.17) is 4.42 Å². The van der Waals surface area contributed by atoms with Crippen LogP contribution in [0.3, 0.4) is 0 Å². The van der Waals surface area contributed by atoms with E-state index in [-0.39, 0.29) is 5.25 Å². The van der Waals surface area contributed by atoms with Crippen LogP contribution in [-0.4, -0.2) is 26.0 Å². The Bertz CT molecular complexity index is 478. The van der Waals surface area contributed by atoms with Gasteiger partial charge >= 0.3 is 0 Å². The molecule has 0 bridgehead atoms. The summed E-state index contributed by atoms with van der Waals surface area (Å²) in [6.07, 6.45) is 1.55. The molecule has 0 aliphatic carbocycles. The van der Waals surface area contributed by atoms with Gasteiger partial charge in [0.2, 0.25) is 0 Å². The summed E-state index contributed by atoms with van der Waals surface area (Å²) < 4.78 is 30.1. The molecule has 0 saturated carbocycles. The molecule has 2 heterocycles. The predicted molar refractivity (Wildman–Crippen MR) is 72.6 cm³/mol. The topological polar surface area (TPSA) is 59.3 Å². The quantitative estimate of drug-likeness (QED) is 0.863. The Balaban J connectivity index is 1.84. The van der Waals surface area contributed by atoms with Gasteiger partial charge in [-0.3, -0.25) is 0 Å². The highest BCUT2D eigenvalue weighted by atomic mass is 79.9. The number of furan rings is 1. The van der Waals surface area contributed by atoms with E-state index in [1.807, 2.05) is 6.07 Å². The molecule has 1 aromatic heterocycles. The van der Waals surface area contributed by atoms with Crippen LogP contribution in [0.5, 0.6) is 0 Å². The second kappa shape index (κ2) is 5.42. The molecular formula is C10H13Br2NO3S. The number of sulfone groups is 1. The largest absolute Gasteiger partial charge is 0.452 e. The molecule has 1 atom stereocenters. The second-order valence-electron chi connectivity index (χ2n) is 4.10. The first-order valence-corrected chi connectivity index (χ1v) is 8.65. The fraction of sp³-hybridized carbons (Fsp3) is 0.600. The van der Waals surface area contributed by atoms with Crippen molar-refractivity contribution < 1.29 is 12.8 Å². The minimum absolute atomic E-state index is 0.232. The van der Waals surface area contributed by atoms with Crippen molar-refractivity contribution in [1.29, 1.82) is 0 Å². The summed E-state index contributed by atoms with van der Waals surface area (Å²) in [4.78, 5) is 0. The standard InChI is InChI=1S/C10H13Br2NO3S/c11-9-4-7(16-10(9)12)5-13-6-8-2-1-3-17(8,14)15/h4,8,13H,1-3,5-6H2. The smallest absolute Gasteiger partial charge is 0.183 e. The second-order valence-corrected chi connectivity index (χ2v) is 8.07. The molecule has 17 heavy (non-hydrogen) atoms. The van der Waals surface area contributed by atoms with E-state index in [9.17, 15) is 8.42 Å². The molecule has 96 valence electrons. The van der Waals surface area contributed by atoms with Crippen LogP contribution >= 0.6 is 31.9 Å². The number of rotatable bonds is 4. The summed E-state index contributed by atoms with van der Waals surface area (Å²) in [5, 5.41) is 2.89. The van der Waals surface area contributed by atoms with Gasteiger partial charge in [0.25, 0.3) is 0 Å². The Labute approximate surface area is 117 Å². The molecule has 1 fully saturated rings. The summed E-state index contributed by atoms with van der Waals surface area (Å²) in [5.41, 5.74) is 0. The van der Waals surface area contributed by atoms with Gasteiger partial charge in [-0.25, -0.2) is 8.42 Å². The summed E-state index contributed by atoms with van der Waals surface area (Å²) in [7, 11) is -2.86. The van der Waals surface area contributed by atoms with E-state index in [1.165, 1.54) is 0 Å². The van der Waals surface area contributed by atoms with E-state index in [2.05, 4.69) is 37.2 Å². The van der Waals surface area contributed by atoms with Crippen LogP contribution in [0, 0.1) is 0 Å². The molecule has 1 aliphatic heterocycles. The fourth-order valence-corrected chi connectivity index (χ4v) is 4.38. The number of hydrogen-bond donors (Lipinski definition) is 1. The SMILES string of the molecule is O=S1(=O)CCCC1CNCc1cc(Br)c(Br)o1. The van der Waals surface area contributed by atoms with Gasteiger partial charge in [0, 0.05) is 6.54 Å². The van der Waals surface area contributed by atoms with E-state index >= 15 is 0 Å². The lowest BCUT2D eigenvalue weighted by Gasteiger charge is -2.09. The highest BCUT2D eigenvalue weighted by Crippen LogP contribution is 2.26. The zero-order valence-corrected chi connectivity index (χ0v) is 13.1. The van der Waals surface area contributed by atoms with Crippen molar-refractivity contribution in [2.24, 2.45) is 0 Å². The average molecular weight is 387 g/mol. The lowest BCUT2D eigenvalue weighted by atomic mass is 10.2. The minimum Gasteiger partial charge on any atom is -0.452 e. The number of hydrogen-bond acceptors (Lipinski definition) is 4. The highest BCUT2D eigenvalue weighted by molar-refractivity contribution is 9.13. The maximum Gasteiger partial charge on any atom is 0.183 e. The molecule has 4 nitrogen and oxygen atoms in total. The Hall–Kier alpha value is 0.150. The summed E-state index contributed by atoms with van der Waals surface area (Å²) in [5.74, 6) is 1.11. The lowest BCUT2D eigenvalue weighted by Crippen LogP contribution is -2.30. The highest BCUT2D eigenvalue weighted by Gasteiger charge is 2.30. The molecule has 7 heteroatoms. The van der Waals surface area contributed by atoms with E-state index in [1.54, 1.807) is 0 Å². The third-order valence-corrected chi connectivity index (χ3v) is 6.82. The van der Waals surface area contributed by atoms with Crippen molar-refractivity contribution in [1.82, 2.24) is 5.32 Å². The molecule has 1 aromatic rings. The summed E-state index contributed by atoms with van der Waals surface area (Å²) >= 11 is 6.58. The molecule has 0 amide bonds.